The van der Waals surface area contributed by atoms with E-state index in [1.54, 1.807) is 19.1 Å². The van der Waals surface area contributed by atoms with Gasteiger partial charge in [-0.3, -0.25) is 4.79 Å². The smallest absolute Gasteiger partial charge is 0.318 e. The van der Waals surface area contributed by atoms with Crippen LogP contribution in [0, 0.1) is 6.92 Å². The van der Waals surface area contributed by atoms with Crippen molar-refractivity contribution in [2.45, 2.75) is 11.8 Å². The van der Waals surface area contributed by atoms with Crippen molar-refractivity contribution in [3.8, 4) is 0 Å². The van der Waals surface area contributed by atoms with Crippen molar-refractivity contribution in [3.05, 3.63) is 28.2 Å². The van der Waals surface area contributed by atoms with Crippen LogP contribution in [0.5, 0.6) is 0 Å². The summed E-state index contributed by atoms with van der Waals surface area (Å²) >= 11 is 3.15. The number of benzene rings is 1. The molecule has 0 spiro atoms. The van der Waals surface area contributed by atoms with Crippen LogP contribution in [-0.2, 0) is 14.8 Å². The van der Waals surface area contributed by atoms with Crippen LogP contribution in [0.2, 0.25) is 0 Å². The molecule has 5 nitrogen and oxygen atoms in total. The molecule has 1 rings (SSSR count). The maximum atomic E-state index is 12.1. The zero-order valence-electron chi connectivity index (χ0n) is 9.34. The first-order valence-electron chi connectivity index (χ1n) is 4.69. The van der Waals surface area contributed by atoms with E-state index >= 15 is 0 Å². The second-order valence-corrected chi connectivity index (χ2v) is 6.46. The Morgan fingerprint density at radius 2 is 2.06 bits per heavy atom. The first kappa shape index (κ1) is 14.1. The van der Waals surface area contributed by atoms with Crippen LogP contribution < -0.4 is 0 Å². The maximum Gasteiger partial charge on any atom is 0.318 e. The number of carboxylic acid groups (broad SMARTS) is 1. The van der Waals surface area contributed by atoms with Gasteiger partial charge in [-0.15, -0.1) is 0 Å². The number of rotatable bonds is 4. The molecule has 0 atom stereocenters. The normalized spacial score (nSPS) is 11.8. The minimum Gasteiger partial charge on any atom is -0.480 e. The predicted molar refractivity (Wildman–Crippen MR) is 66.3 cm³/mol. The SMILES string of the molecule is Cc1ccc(Br)c(S(=O)(=O)N(C)CC(=O)O)c1. The van der Waals surface area contributed by atoms with E-state index in [4.69, 9.17) is 5.11 Å². The molecule has 1 aromatic rings. The van der Waals surface area contributed by atoms with Crippen molar-refractivity contribution in [2.75, 3.05) is 13.6 Å². The topological polar surface area (TPSA) is 74.7 Å². The number of nitrogens with zero attached hydrogens (tertiary/aromatic N) is 1. The Morgan fingerprint density at radius 3 is 2.59 bits per heavy atom. The van der Waals surface area contributed by atoms with Crippen LogP contribution in [0.25, 0.3) is 0 Å². The fourth-order valence-electron chi connectivity index (χ4n) is 1.25. The van der Waals surface area contributed by atoms with Crippen molar-refractivity contribution in [1.82, 2.24) is 4.31 Å². The number of hydrogen-bond donors (Lipinski definition) is 1. The summed E-state index contributed by atoms with van der Waals surface area (Å²) in [5.41, 5.74) is 0.788. The lowest BCUT2D eigenvalue weighted by Crippen LogP contribution is -2.32. The average molecular weight is 322 g/mol. The molecule has 0 unspecified atom stereocenters. The molecule has 0 radical (unpaired) electrons. The van der Waals surface area contributed by atoms with Crippen LogP contribution in [-0.4, -0.2) is 37.4 Å². The van der Waals surface area contributed by atoms with Gasteiger partial charge in [0.1, 0.15) is 6.54 Å². The number of aliphatic carboxylic acids is 1. The Kier molecular flexibility index (Phi) is 4.29. The largest absolute Gasteiger partial charge is 0.480 e. The van der Waals surface area contributed by atoms with Gasteiger partial charge in [0, 0.05) is 11.5 Å². The lowest BCUT2D eigenvalue weighted by atomic mass is 10.2. The molecule has 0 amide bonds. The maximum absolute atomic E-state index is 12.1. The predicted octanol–water partition coefficient (Wildman–Crippen LogP) is 1.46. The van der Waals surface area contributed by atoms with Gasteiger partial charge in [-0.2, -0.15) is 4.31 Å². The number of aryl methyl sites for hydroxylation is 1. The molecule has 0 bridgehead atoms. The van der Waals surface area contributed by atoms with Gasteiger partial charge in [0.2, 0.25) is 10.0 Å². The Morgan fingerprint density at radius 1 is 1.47 bits per heavy atom. The number of sulfonamides is 1. The van der Waals surface area contributed by atoms with Crippen molar-refractivity contribution < 1.29 is 18.3 Å². The second kappa shape index (κ2) is 5.16. The molecule has 1 aromatic carbocycles. The molecular formula is C10H12BrNO4S. The highest BCUT2D eigenvalue weighted by atomic mass is 79.9. The number of likely N-dealkylation sites (N-methyl/N-ethyl adjacent to an activating group) is 1. The molecule has 0 heterocycles. The Balaban J connectivity index is 3.21. The van der Waals surface area contributed by atoms with Crippen LogP contribution in [0.3, 0.4) is 0 Å². The van der Waals surface area contributed by atoms with Crippen LogP contribution in [0.4, 0.5) is 0 Å². The number of carboxylic acids is 1. The summed E-state index contributed by atoms with van der Waals surface area (Å²) in [4.78, 5) is 10.6. The van der Waals surface area contributed by atoms with Crippen molar-refractivity contribution in [2.24, 2.45) is 0 Å². The van der Waals surface area contributed by atoms with Gasteiger partial charge in [-0.25, -0.2) is 8.42 Å². The third-order valence-electron chi connectivity index (χ3n) is 2.13. The fraction of sp³-hybridized carbons (Fsp3) is 0.300. The fourth-order valence-corrected chi connectivity index (χ4v) is 3.38. The second-order valence-electron chi connectivity index (χ2n) is 3.59. The zero-order valence-corrected chi connectivity index (χ0v) is 11.7. The van der Waals surface area contributed by atoms with E-state index in [9.17, 15) is 13.2 Å². The Hall–Kier alpha value is -0.920. The first-order chi connectivity index (χ1) is 7.75. The molecule has 0 fully saturated rings. The van der Waals surface area contributed by atoms with Crippen LogP contribution in [0.1, 0.15) is 5.56 Å². The van der Waals surface area contributed by atoms with Crippen LogP contribution >= 0.6 is 15.9 Å². The summed E-state index contributed by atoms with van der Waals surface area (Å²) in [6.07, 6.45) is 0. The van der Waals surface area contributed by atoms with E-state index in [1.807, 2.05) is 0 Å². The molecule has 17 heavy (non-hydrogen) atoms. The van der Waals surface area contributed by atoms with Gasteiger partial charge in [-0.05, 0) is 40.5 Å². The van der Waals surface area contributed by atoms with E-state index < -0.39 is 22.5 Å². The summed E-state index contributed by atoms with van der Waals surface area (Å²) in [5, 5.41) is 8.60. The molecule has 0 aliphatic rings. The standard InChI is InChI=1S/C10H12BrNO4S/c1-7-3-4-8(11)9(5-7)17(15,16)12(2)6-10(13)14/h3-5H,6H2,1-2H3,(H,13,14). The number of hydrogen-bond acceptors (Lipinski definition) is 3. The minimum absolute atomic E-state index is 0.0706. The van der Waals surface area contributed by atoms with E-state index in [2.05, 4.69) is 15.9 Å². The summed E-state index contributed by atoms with van der Waals surface area (Å²) in [7, 11) is -2.55. The highest BCUT2D eigenvalue weighted by molar-refractivity contribution is 9.10. The Bertz CT molecular complexity index is 541. The number of halogens is 1. The molecule has 0 aliphatic heterocycles. The summed E-state index contributed by atoms with van der Waals surface area (Å²) in [5.74, 6) is -1.19. The van der Waals surface area contributed by atoms with Crippen molar-refractivity contribution >= 4 is 31.9 Å². The molecule has 0 saturated heterocycles. The van der Waals surface area contributed by atoms with E-state index in [1.165, 1.54) is 13.1 Å². The van der Waals surface area contributed by atoms with Gasteiger partial charge >= 0.3 is 5.97 Å². The van der Waals surface area contributed by atoms with Crippen LogP contribution in [0.15, 0.2) is 27.6 Å². The van der Waals surface area contributed by atoms with Gasteiger partial charge in [-0.1, -0.05) is 6.07 Å². The molecule has 0 aromatic heterocycles. The molecule has 0 aliphatic carbocycles. The third-order valence-corrected chi connectivity index (χ3v) is 4.93. The summed E-state index contributed by atoms with van der Waals surface area (Å²) in [6, 6.07) is 4.88. The van der Waals surface area contributed by atoms with Crippen molar-refractivity contribution in [1.29, 1.82) is 0 Å². The van der Waals surface area contributed by atoms with Crippen molar-refractivity contribution in [3.63, 3.8) is 0 Å². The van der Waals surface area contributed by atoms with E-state index in [0.717, 1.165) is 9.87 Å². The summed E-state index contributed by atoms with van der Waals surface area (Å²) in [6.45, 7) is 1.20. The third kappa shape index (κ3) is 3.27. The van der Waals surface area contributed by atoms with Gasteiger partial charge in [0.25, 0.3) is 0 Å². The lowest BCUT2D eigenvalue weighted by molar-refractivity contribution is -0.137. The minimum atomic E-state index is -3.78. The van der Waals surface area contributed by atoms with E-state index in [0.29, 0.717) is 4.47 Å². The number of carbonyl (C=O) groups is 1. The van der Waals surface area contributed by atoms with Gasteiger partial charge in [0.05, 0.1) is 4.90 Å². The van der Waals surface area contributed by atoms with Gasteiger partial charge in [0.15, 0.2) is 0 Å². The zero-order chi connectivity index (χ0) is 13.2. The Labute approximate surface area is 108 Å². The monoisotopic (exact) mass is 321 g/mol. The molecule has 7 heteroatoms. The molecule has 1 N–H and O–H groups in total. The van der Waals surface area contributed by atoms with E-state index in [-0.39, 0.29) is 4.90 Å². The highest BCUT2D eigenvalue weighted by Crippen LogP contribution is 2.25. The molecule has 94 valence electrons. The quantitative estimate of drug-likeness (QED) is 0.911. The lowest BCUT2D eigenvalue weighted by Gasteiger charge is -2.16. The average Bonchev–Trinajstić information content (AvgIpc) is 2.20. The van der Waals surface area contributed by atoms with Gasteiger partial charge < -0.3 is 5.11 Å². The molecule has 0 saturated carbocycles. The highest BCUT2D eigenvalue weighted by Gasteiger charge is 2.24. The molecular weight excluding hydrogens is 310 g/mol. The summed E-state index contributed by atoms with van der Waals surface area (Å²) < 4.78 is 25.4. The first-order valence-corrected chi connectivity index (χ1v) is 6.92.